The molecule has 1 atom stereocenters. The summed E-state index contributed by atoms with van der Waals surface area (Å²) in [7, 11) is 0. The van der Waals surface area contributed by atoms with Gasteiger partial charge in [0.25, 0.3) is 5.91 Å². The van der Waals surface area contributed by atoms with Crippen LogP contribution in [0.5, 0.6) is 11.5 Å². The van der Waals surface area contributed by atoms with Gasteiger partial charge in [-0.1, -0.05) is 0 Å². The first kappa shape index (κ1) is 18.5. The summed E-state index contributed by atoms with van der Waals surface area (Å²) in [5.74, 6) is 1.50. The minimum absolute atomic E-state index is 0.0104. The molecular formula is C23H22N4O3. The van der Waals surface area contributed by atoms with Gasteiger partial charge >= 0.3 is 0 Å². The number of aromatic nitrogens is 3. The van der Waals surface area contributed by atoms with Crippen molar-refractivity contribution >= 4 is 5.91 Å². The van der Waals surface area contributed by atoms with E-state index in [4.69, 9.17) is 9.47 Å². The third-order valence-corrected chi connectivity index (χ3v) is 5.62. The molecule has 7 nitrogen and oxygen atoms in total. The third-order valence-electron chi connectivity index (χ3n) is 5.62. The lowest BCUT2D eigenvalue weighted by atomic mass is 9.90. The van der Waals surface area contributed by atoms with E-state index in [-0.39, 0.29) is 11.8 Å². The van der Waals surface area contributed by atoms with Gasteiger partial charge in [-0.05, 0) is 48.7 Å². The molecule has 0 saturated carbocycles. The first-order valence-electron chi connectivity index (χ1n) is 10.2. The molecule has 152 valence electrons. The second-order valence-corrected chi connectivity index (χ2v) is 7.51. The van der Waals surface area contributed by atoms with Gasteiger partial charge in [0.1, 0.15) is 19.5 Å². The molecule has 0 radical (unpaired) electrons. The van der Waals surface area contributed by atoms with Crippen LogP contribution >= 0.6 is 0 Å². The van der Waals surface area contributed by atoms with Crippen LogP contribution in [0.2, 0.25) is 0 Å². The number of fused-ring (bicyclic) bond motifs is 1. The maximum atomic E-state index is 13.2. The van der Waals surface area contributed by atoms with Gasteiger partial charge in [-0.25, -0.2) is 9.97 Å². The SMILES string of the molecule is O=C(c1ccc2c(c1)OCCO2)N1CCC[C@@H](c2ncncc2-c2ccncc2)C1. The minimum Gasteiger partial charge on any atom is -0.486 e. The summed E-state index contributed by atoms with van der Waals surface area (Å²) in [5.41, 5.74) is 3.64. The topological polar surface area (TPSA) is 77.4 Å². The molecule has 0 unspecified atom stereocenters. The molecule has 0 bridgehead atoms. The monoisotopic (exact) mass is 402 g/mol. The quantitative estimate of drug-likeness (QED) is 0.669. The van der Waals surface area contributed by atoms with E-state index < -0.39 is 0 Å². The molecule has 30 heavy (non-hydrogen) atoms. The fourth-order valence-corrected chi connectivity index (χ4v) is 4.16. The van der Waals surface area contributed by atoms with Crippen LogP contribution in [-0.4, -0.2) is 52.1 Å². The molecule has 1 fully saturated rings. The number of ether oxygens (including phenoxy) is 2. The van der Waals surface area contributed by atoms with Gasteiger partial charge in [-0.15, -0.1) is 0 Å². The van der Waals surface area contributed by atoms with E-state index >= 15 is 0 Å². The normalized spacial score (nSPS) is 18.1. The second kappa shape index (κ2) is 8.10. The Morgan fingerprint density at radius 3 is 2.73 bits per heavy atom. The zero-order valence-electron chi connectivity index (χ0n) is 16.5. The van der Waals surface area contributed by atoms with E-state index in [0.29, 0.717) is 36.8 Å². The van der Waals surface area contributed by atoms with Gasteiger partial charge in [0.15, 0.2) is 11.5 Å². The Morgan fingerprint density at radius 1 is 1.03 bits per heavy atom. The number of benzene rings is 1. The predicted octanol–water partition coefficient (Wildman–Crippen LogP) is 3.33. The highest BCUT2D eigenvalue weighted by Crippen LogP contribution is 2.34. The molecule has 4 heterocycles. The summed E-state index contributed by atoms with van der Waals surface area (Å²) in [6.45, 7) is 2.40. The number of likely N-dealkylation sites (tertiary alicyclic amines) is 1. The smallest absolute Gasteiger partial charge is 0.254 e. The van der Waals surface area contributed by atoms with Crippen LogP contribution in [0.3, 0.4) is 0 Å². The van der Waals surface area contributed by atoms with Crippen molar-refractivity contribution in [3.05, 3.63) is 66.5 Å². The highest BCUT2D eigenvalue weighted by molar-refractivity contribution is 5.95. The summed E-state index contributed by atoms with van der Waals surface area (Å²) >= 11 is 0. The lowest BCUT2D eigenvalue weighted by Gasteiger charge is -2.33. The molecule has 2 aliphatic heterocycles. The zero-order valence-corrected chi connectivity index (χ0v) is 16.5. The summed E-state index contributed by atoms with van der Waals surface area (Å²) in [6.07, 6.45) is 8.89. The van der Waals surface area contributed by atoms with Crippen LogP contribution in [-0.2, 0) is 0 Å². The molecule has 1 saturated heterocycles. The lowest BCUT2D eigenvalue weighted by Crippen LogP contribution is -2.39. The third kappa shape index (κ3) is 3.58. The Bertz CT molecular complexity index is 1060. The number of carbonyl (C=O) groups excluding carboxylic acids is 1. The maximum absolute atomic E-state index is 13.2. The van der Waals surface area contributed by atoms with Crippen LogP contribution in [0.15, 0.2) is 55.2 Å². The molecule has 1 amide bonds. The van der Waals surface area contributed by atoms with Crippen molar-refractivity contribution in [2.24, 2.45) is 0 Å². The first-order chi connectivity index (χ1) is 14.8. The van der Waals surface area contributed by atoms with Crippen molar-refractivity contribution in [1.29, 1.82) is 0 Å². The number of rotatable bonds is 3. The number of pyridine rings is 1. The molecule has 0 N–H and O–H groups in total. The van der Waals surface area contributed by atoms with Crippen LogP contribution in [0.25, 0.3) is 11.1 Å². The van der Waals surface area contributed by atoms with Crippen molar-refractivity contribution in [2.75, 3.05) is 26.3 Å². The molecule has 7 heteroatoms. The maximum Gasteiger partial charge on any atom is 0.254 e. The number of carbonyl (C=O) groups is 1. The van der Waals surface area contributed by atoms with Crippen LogP contribution in [0.1, 0.15) is 34.8 Å². The Labute approximate surface area is 174 Å². The van der Waals surface area contributed by atoms with E-state index in [1.54, 1.807) is 24.8 Å². The van der Waals surface area contributed by atoms with Gasteiger partial charge < -0.3 is 14.4 Å². The van der Waals surface area contributed by atoms with Crippen LogP contribution in [0.4, 0.5) is 0 Å². The Morgan fingerprint density at radius 2 is 1.87 bits per heavy atom. The van der Waals surface area contributed by atoms with Crippen molar-refractivity contribution in [1.82, 2.24) is 19.9 Å². The number of hydrogen-bond donors (Lipinski definition) is 0. The molecule has 0 spiro atoms. The van der Waals surface area contributed by atoms with Gasteiger partial charge in [-0.2, -0.15) is 0 Å². The molecule has 1 aromatic carbocycles. The van der Waals surface area contributed by atoms with E-state index in [9.17, 15) is 4.79 Å². The second-order valence-electron chi connectivity index (χ2n) is 7.51. The molecule has 3 aromatic rings. The fourth-order valence-electron chi connectivity index (χ4n) is 4.16. The zero-order chi connectivity index (χ0) is 20.3. The van der Waals surface area contributed by atoms with E-state index in [0.717, 1.165) is 36.2 Å². The summed E-state index contributed by atoms with van der Waals surface area (Å²) < 4.78 is 11.2. The number of nitrogens with zero attached hydrogens (tertiary/aromatic N) is 4. The largest absolute Gasteiger partial charge is 0.486 e. The van der Waals surface area contributed by atoms with Crippen LogP contribution in [0, 0.1) is 0 Å². The van der Waals surface area contributed by atoms with Gasteiger partial charge in [0, 0.05) is 48.7 Å². The average molecular weight is 402 g/mol. The molecule has 2 aromatic heterocycles. The van der Waals surface area contributed by atoms with Gasteiger partial charge in [0.2, 0.25) is 0 Å². The minimum atomic E-state index is 0.0104. The van der Waals surface area contributed by atoms with Gasteiger partial charge in [-0.3, -0.25) is 9.78 Å². The van der Waals surface area contributed by atoms with E-state index in [1.807, 2.05) is 35.4 Å². The fraction of sp³-hybridized carbons (Fsp3) is 0.304. The average Bonchev–Trinajstić information content (AvgIpc) is 2.84. The summed E-state index contributed by atoms with van der Waals surface area (Å²) in [6, 6.07) is 9.33. The highest BCUT2D eigenvalue weighted by Gasteiger charge is 2.29. The first-order valence-corrected chi connectivity index (χ1v) is 10.2. The highest BCUT2D eigenvalue weighted by atomic mass is 16.6. The lowest BCUT2D eigenvalue weighted by molar-refractivity contribution is 0.0705. The summed E-state index contributed by atoms with van der Waals surface area (Å²) in [4.78, 5) is 28.0. The van der Waals surface area contributed by atoms with Crippen molar-refractivity contribution in [3.63, 3.8) is 0 Å². The number of piperidine rings is 1. The van der Waals surface area contributed by atoms with E-state index in [1.165, 1.54) is 0 Å². The number of amides is 1. The van der Waals surface area contributed by atoms with Crippen LogP contribution < -0.4 is 9.47 Å². The van der Waals surface area contributed by atoms with Crippen molar-refractivity contribution in [3.8, 4) is 22.6 Å². The van der Waals surface area contributed by atoms with E-state index in [2.05, 4.69) is 15.0 Å². The molecule has 0 aliphatic carbocycles. The standard InChI is InChI=1S/C23H22N4O3/c28-23(17-3-4-20-21(12-17)30-11-10-29-20)27-9-1-2-18(14-27)22-19(13-25-15-26-22)16-5-7-24-8-6-16/h3-8,12-13,15,18H,1-2,9-11,14H2/t18-/m1/s1. The van der Waals surface area contributed by atoms with Crippen molar-refractivity contribution < 1.29 is 14.3 Å². The Balaban J connectivity index is 1.39. The Hall–Kier alpha value is -3.48. The van der Waals surface area contributed by atoms with Gasteiger partial charge in [0.05, 0.1) is 5.69 Å². The van der Waals surface area contributed by atoms with Crippen molar-refractivity contribution in [2.45, 2.75) is 18.8 Å². The number of hydrogen-bond acceptors (Lipinski definition) is 6. The Kier molecular flexibility index (Phi) is 5.01. The summed E-state index contributed by atoms with van der Waals surface area (Å²) in [5, 5.41) is 0. The molecule has 2 aliphatic rings. The molecule has 5 rings (SSSR count). The molecular weight excluding hydrogens is 380 g/mol. The predicted molar refractivity (Wildman–Crippen MR) is 111 cm³/mol.